The second kappa shape index (κ2) is 27.4. The molecule has 2 unspecified atom stereocenters. The second-order valence-electron chi connectivity index (χ2n) is 13.5. The Bertz CT molecular complexity index is 1630. The fourth-order valence-corrected chi connectivity index (χ4v) is 9.89. The Morgan fingerprint density at radius 3 is 1.98 bits per heavy atom. The summed E-state index contributed by atoms with van der Waals surface area (Å²) in [5.74, 6) is 2.99. The lowest BCUT2D eigenvalue weighted by molar-refractivity contribution is -0.144. The SMILES string of the molecule is CC1(C)CC(NC(=O)OCCCSC(=S)c2ccccn2)CC(C)(CCC(=O)OCCCSC(=S)c2ccccn2)C1.[C-]#[N+]C(=S)SCCCSC(=S)C#N. The number of carbonyl (C=O) groups excluding carboxylic acids is 2. The molecule has 1 N–H and O–H groups in total. The van der Waals surface area contributed by atoms with Crippen LogP contribution < -0.4 is 5.32 Å². The number of nitrogens with zero attached hydrogens (tertiary/aromatic N) is 4. The van der Waals surface area contributed by atoms with Gasteiger partial charge in [0.15, 0.2) is 0 Å². The molecule has 55 heavy (non-hydrogen) atoms. The number of aromatic nitrogens is 2. The molecule has 0 radical (unpaired) electrons. The Morgan fingerprint density at radius 2 is 1.44 bits per heavy atom. The van der Waals surface area contributed by atoms with Crippen molar-refractivity contribution in [3.8, 4) is 6.07 Å². The first-order valence-electron chi connectivity index (χ1n) is 17.6. The maximum atomic E-state index is 12.5. The zero-order chi connectivity index (χ0) is 40.5. The van der Waals surface area contributed by atoms with Crippen molar-refractivity contribution in [2.24, 2.45) is 10.8 Å². The normalized spacial score (nSPS) is 16.9. The molecule has 296 valence electrons. The van der Waals surface area contributed by atoms with Crippen LogP contribution in [0.5, 0.6) is 0 Å². The number of hydrogen-bond acceptors (Lipinski definition) is 15. The van der Waals surface area contributed by atoms with E-state index in [4.69, 9.17) is 70.2 Å². The van der Waals surface area contributed by atoms with Crippen molar-refractivity contribution in [2.45, 2.75) is 78.2 Å². The van der Waals surface area contributed by atoms with E-state index in [1.807, 2.05) is 42.5 Å². The van der Waals surface area contributed by atoms with Gasteiger partial charge in [0.2, 0.25) is 0 Å². The van der Waals surface area contributed by atoms with Crippen molar-refractivity contribution in [1.29, 1.82) is 5.26 Å². The minimum Gasteiger partial charge on any atom is -0.466 e. The van der Waals surface area contributed by atoms with Gasteiger partial charge in [-0.2, -0.15) is 5.26 Å². The van der Waals surface area contributed by atoms with Crippen molar-refractivity contribution in [3.63, 3.8) is 0 Å². The Labute approximate surface area is 364 Å². The smallest absolute Gasteiger partial charge is 0.407 e. The van der Waals surface area contributed by atoms with Gasteiger partial charge in [-0.15, -0.1) is 59.3 Å². The molecule has 1 aliphatic carbocycles. The number of nitriles is 1. The van der Waals surface area contributed by atoms with Gasteiger partial charge in [-0.3, -0.25) is 14.8 Å². The van der Waals surface area contributed by atoms with E-state index in [0.717, 1.165) is 74.9 Å². The van der Waals surface area contributed by atoms with Crippen molar-refractivity contribution in [1.82, 2.24) is 15.3 Å². The highest BCUT2D eigenvalue weighted by Gasteiger charge is 2.42. The molecule has 9 nitrogen and oxygen atoms in total. The van der Waals surface area contributed by atoms with Gasteiger partial charge in [-0.1, -0.05) is 69.6 Å². The molecule has 2 aromatic heterocycles. The van der Waals surface area contributed by atoms with Crippen LogP contribution in [0.25, 0.3) is 4.85 Å². The van der Waals surface area contributed by atoms with Gasteiger partial charge in [0, 0.05) is 42.1 Å². The van der Waals surface area contributed by atoms with Gasteiger partial charge in [0.05, 0.1) is 39.6 Å². The average Bonchev–Trinajstić information content (AvgIpc) is 3.16. The van der Waals surface area contributed by atoms with Gasteiger partial charge in [-0.25, -0.2) is 9.64 Å². The molecule has 17 heteroatoms. The van der Waals surface area contributed by atoms with Crippen molar-refractivity contribution >= 4 is 125 Å². The van der Waals surface area contributed by atoms with Crippen LogP contribution in [0, 0.1) is 28.7 Å². The van der Waals surface area contributed by atoms with Gasteiger partial charge >= 0.3 is 12.1 Å². The highest BCUT2D eigenvalue weighted by molar-refractivity contribution is 8.24. The molecule has 2 heterocycles. The molecule has 1 saturated carbocycles. The number of pyridine rings is 2. The molecule has 3 rings (SSSR count). The number of amides is 1. The van der Waals surface area contributed by atoms with Gasteiger partial charge in [0.25, 0.3) is 4.32 Å². The Balaban J connectivity index is 0.000000685. The lowest BCUT2D eigenvalue weighted by atomic mass is 9.61. The van der Waals surface area contributed by atoms with E-state index in [2.05, 4.69) is 40.9 Å². The highest BCUT2D eigenvalue weighted by Crippen LogP contribution is 2.48. The van der Waals surface area contributed by atoms with Crippen LogP contribution in [0.15, 0.2) is 48.8 Å². The summed E-state index contributed by atoms with van der Waals surface area (Å²) in [5, 5.41) is 11.4. The zero-order valence-electron chi connectivity index (χ0n) is 31.3. The Kier molecular flexibility index (Phi) is 24.4. The van der Waals surface area contributed by atoms with Crippen LogP contribution >= 0.6 is 95.9 Å². The minimum absolute atomic E-state index is 0.00616. The third-order valence-corrected chi connectivity index (χ3v) is 13.5. The molecule has 1 fully saturated rings. The van der Waals surface area contributed by atoms with E-state index >= 15 is 0 Å². The largest absolute Gasteiger partial charge is 0.466 e. The van der Waals surface area contributed by atoms with Crippen LogP contribution in [0.2, 0.25) is 0 Å². The number of carbonyl (C=O) groups is 2. The van der Waals surface area contributed by atoms with Gasteiger partial charge in [-0.05, 0) is 85.8 Å². The molecule has 1 amide bonds. The second-order valence-corrected chi connectivity index (χ2v) is 20.5. The molecule has 2 atom stereocenters. The van der Waals surface area contributed by atoms with E-state index in [1.165, 1.54) is 23.5 Å². The average molecular weight is 894 g/mol. The van der Waals surface area contributed by atoms with Crippen LogP contribution in [0.3, 0.4) is 0 Å². The maximum absolute atomic E-state index is 12.5. The summed E-state index contributed by atoms with van der Waals surface area (Å²) in [6.07, 6.45) is 9.14. The summed E-state index contributed by atoms with van der Waals surface area (Å²) in [6.45, 7) is 13.9. The van der Waals surface area contributed by atoms with E-state index in [9.17, 15) is 9.59 Å². The summed E-state index contributed by atoms with van der Waals surface area (Å²) in [4.78, 5) is 36.7. The monoisotopic (exact) mass is 893 g/mol. The lowest BCUT2D eigenvalue weighted by Crippen LogP contribution is -2.47. The highest BCUT2D eigenvalue weighted by atomic mass is 32.2. The summed E-state index contributed by atoms with van der Waals surface area (Å²) in [6, 6.07) is 13.2. The summed E-state index contributed by atoms with van der Waals surface area (Å²) in [5.41, 5.74) is 1.55. The van der Waals surface area contributed by atoms with Crippen LogP contribution in [-0.4, -0.2) is 81.2 Å². The zero-order valence-corrected chi connectivity index (χ0v) is 37.8. The Hall–Kier alpha value is -2.22. The van der Waals surface area contributed by atoms with Crippen LogP contribution in [0.1, 0.15) is 83.5 Å². The summed E-state index contributed by atoms with van der Waals surface area (Å²) >= 11 is 26.1. The number of thioether (sulfide) groups is 4. The quantitative estimate of drug-likeness (QED) is 0.0661. The topological polar surface area (TPSA) is 119 Å². The molecule has 0 saturated heterocycles. The van der Waals surface area contributed by atoms with Gasteiger partial charge < -0.3 is 14.8 Å². The lowest BCUT2D eigenvalue weighted by Gasteiger charge is -2.46. The first-order valence-corrected chi connectivity index (χ1v) is 23.2. The van der Waals surface area contributed by atoms with E-state index in [-0.39, 0.29) is 22.8 Å². The number of rotatable bonds is 18. The first-order chi connectivity index (χ1) is 26.3. The minimum atomic E-state index is -0.392. The third-order valence-electron chi connectivity index (χ3n) is 7.92. The number of alkyl carbamates (subject to hydrolysis) is 1. The molecular weight excluding hydrogens is 847 g/mol. The first kappa shape index (κ1) is 48.9. The predicted octanol–water partition coefficient (Wildman–Crippen LogP) is 10.3. The summed E-state index contributed by atoms with van der Waals surface area (Å²) in [7, 11) is 0. The molecule has 0 spiro atoms. The Morgan fingerprint density at radius 1 is 0.873 bits per heavy atom. The number of esters is 1. The fraction of sp³-hybridized carbons (Fsp3) is 0.526. The maximum Gasteiger partial charge on any atom is 0.407 e. The molecule has 2 aromatic rings. The van der Waals surface area contributed by atoms with E-state index in [0.29, 0.717) is 41.0 Å². The number of hydrogen-bond donors (Lipinski definition) is 1. The van der Waals surface area contributed by atoms with Gasteiger partial charge in [0.1, 0.15) is 10.3 Å². The molecule has 0 bridgehead atoms. The molecule has 0 aromatic carbocycles. The van der Waals surface area contributed by atoms with Crippen molar-refractivity contribution in [2.75, 3.05) is 36.2 Å². The number of ether oxygens (including phenoxy) is 2. The van der Waals surface area contributed by atoms with Crippen LogP contribution in [0.4, 0.5) is 4.79 Å². The number of nitrogens with one attached hydrogen (secondary N) is 1. The molecule has 1 aliphatic rings. The van der Waals surface area contributed by atoms with Crippen molar-refractivity contribution in [3.05, 3.63) is 71.6 Å². The molecular formula is C38H47N5O4S8. The molecule has 0 aliphatic heterocycles. The standard InChI is InChI=1S/C31H41N3O4S4.C7H6N2S4/c1-30(2)20-23(34-29(36)38-17-9-19-42-28(40)25-11-5-7-15-33-25)21-31(3,22-30)13-12-26(35)37-16-8-18-41-27(39)24-10-4-6-14-32-24;1-9-7(11)13-4-2-3-12-6(10)5-8/h4-7,10-11,14-15,23H,8-9,12-13,16-22H2,1-3H3,(H,34,36);2-4H2. The predicted molar refractivity (Wildman–Crippen MR) is 247 cm³/mol. The van der Waals surface area contributed by atoms with E-state index < -0.39 is 6.09 Å². The van der Waals surface area contributed by atoms with Crippen molar-refractivity contribution < 1.29 is 19.1 Å². The third kappa shape index (κ3) is 22.3. The summed E-state index contributed by atoms with van der Waals surface area (Å²) < 4.78 is 13.2. The fourth-order valence-electron chi connectivity index (χ4n) is 5.97. The van der Waals surface area contributed by atoms with E-state index in [1.54, 1.807) is 35.9 Å². The number of thiocarbonyl (C=S) groups is 4. The van der Waals surface area contributed by atoms with Crippen LogP contribution in [-0.2, 0) is 14.3 Å².